The Balaban J connectivity index is 0.00000312. The molecule has 1 aliphatic rings. The summed E-state index contributed by atoms with van der Waals surface area (Å²) >= 11 is 0. The molecule has 0 spiro atoms. The summed E-state index contributed by atoms with van der Waals surface area (Å²) in [6.45, 7) is 6.75. The summed E-state index contributed by atoms with van der Waals surface area (Å²) in [5, 5.41) is 2.96. The Morgan fingerprint density at radius 1 is 1.24 bits per heavy atom. The Morgan fingerprint density at radius 2 is 1.80 bits per heavy atom. The molecular weight excluding hydrogens is 345 g/mol. The molecule has 1 fully saturated rings. The Morgan fingerprint density at radius 3 is 2.32 bits per heavy atom. The molecule has 2 amide bonds. The standard InChI is InChI=1S/C18H26FN3O2.ClH/c1-18(2,3)15(20)16(23)21-12-8-10-22(11-9-12)17(24)13-6-4-5-7-14(13)19;/h4-7,12,15H,8-11,20H2,1-3H3,(H,21,23);1H/t15-;/m1./s1. The van der Waals surface area contributed by atoms with Gasteiger partial charge >= 0.3 is 0 Å². The molecule has 3 N–H and O–H groups in total. The first-order valence-corrected chi connectivity index (χ1v) is 8.30. The van der Waals surface area contributed by atoms with E-state index in [0.29, 0.717) is 25.9 Å². The number of hydrogen-bond donors (Lipinski definition) is 2. The van der Waals surface area contributed by atoms with Gasteiger partial charge in [0.15, 0.2) is 0 Å². The molecule has 5 nitrogen and oxygen atoms in total. The number of hydrogen-bond acceptors (Lipinski definition) is 3. The van der Waals surface area contributed by atoms with Gasteiger partial charge in [-0.05, 0) is 30.4 Å². The molecule has 0 bridgehead atoms. The first-order valence-electron chi connectivity index (χ1n) is 8.30. The molecule has 0 saturated carbocycles. The first kappa shape index (κ1) is 21.4. The summed E-state index contributed by atoms with van der Waals surface area (Å²) in [6, 6.07) is 5.41. The second-order valence-electron chi connectivity index (χ2n) is 7.40. The lowest BCUT2D eigenvalue weighted by molar-refractivity contribution is -0.125. The minimum atomic E-state index is -0.574. The van der Waals surface area contributed by atoms with Gasteiger partial charge in [-0.3, -0.25) is 9.59 Å². The van der Waals surface area contributed by atoms with Gasteiger partial charge in [0, 0.05) is 19.1 Å². The summed E-state index contributed by atoms with van der Waals surface area (Å²) in [4.78, 5) is 26.2. The van der Waals surface area contributed by atoms with E-state index in [0.717, 1.165) is 0 Å². The largest absolute Gasteiger partial charge is 0.352 e. The van der Waals surface area contributed by atoms with E-state index in [9.17, 15) is 14.0 Å². The Bertz CT molecular complexity index is 611. The normalized spacial score (nSPS) is 16.8. The maximum Gasteiger partial charge on any atom is 0.256 e. The van der Waals surface area contributed by atoms with Crippen LogP contribution in [0.2, 0.25) is 0 Å². The molecule has 25 heavy (non-hydrogen) atoms. The van der Waals surface area contributed by atoms with Gasteiger partial charge in [0.25, 0.3) is 5.91 Å². The van der Waals surface area contributed by atoms with E-state index >= 15 is 0 Å². The summed E-state index contributed by atoms with van der Waals surface area (Å²) in [5.41, 5.74) is 5.75. The van der Waals surface area contributed by atoms with E-state index < -0.39 is 11.9 Å². The molecule has 1 aromatic rings. The number of carbonyl (C=O) groups is 2. The molecule has 1 aliphatic heterocycles. The second kappa shape index (κ2) is 8.63. The lowest BCUT2D eigenvalue weighted by Crippen LogP contribution is -2.54. The fourth-order valence-corrected chi connectivity index (χ4v) is 2.72. The van der Waals surface area contributed by atoms with Crippen molar-refractivity contribution < 1.29 is 14.0 Å². The van der Waals surface area contributed by atoms with Crippen LogP contribution in [0.25, 0.3) is 0 Å². The highest BCUT2D eigenvalue weighted by atomic mass is 35.5. The van der Waals surface area contributed by atoms with E-state index in [2.05, 4.69) is 5.32 Å². The van der Waals surface area contributed by atoms with Gasteiger partial charge in [-0.2, -0.15) is 0 Å². The second-order valence-corrected chi connectivity index (χ2v) is 7.40. The smallest absolute Gasteiger partial charge is 0.256 e. The molecule has 1 aromatic carbocycles. The summed E-state index contributed by atoms with van der Waals surface area (Å²) in [6.07, 6.45) is 1.28. The van der Waals surface area contributed by atoms with Crippen molar-refractivity contribution in [3.63, 3.8) is 0 Å². The summed E-state index contributed by atoms with van der Waals surface area (Å²) in [5.74, 6) is -0.972. The van der Waals surface area contributed by atoms with Crippen molar-refractivity contribution >= 4 is 24.2 Å². The topological polar surface area (TPSA) is 75.4 Å². The van der Waals surface area contributed by atoms with Crippen molar-refractivity contribution in [2.75, 3.05) is 13.1 Å². The highest BCUT2D eigenvalue weighted by molar-refractivity contribution is 5.94. The van der Waals surface area contributed by atoms with E-state index in [1.54, 1.807) is 17.0 Å². The van der Waals surface area contributed by atoms with Gasteiger partial charge < -0.3 is 16.0 Å². The maximum atomic E-state index is 13.7. The van der Waals surface area contributed by atoms with Crippen LogP contribution in [0.1, 0.15) is 44.0 Å². The Kier molecular flexibility index (Phi) is 7.38. The van der Waals surface area contributed by atoms with Crippen molar-refractivity contribution in [3.8, 4) is 0 Å². The van der Waals surface area contributed by atoms with Crippen LogP contribution in [0, 0.1) is 11.2 Å². The monoisotopic (exact) mass is 371 g/mol. The molecule has 2 rings (SSSR count). The van der Waals surface area contributed by atoms with E-state index in [-0.39, 0.29) is 41.2 Å². The van der Waals surface area contributed by atoms with Crippen LogP contribution in [-0.4, -0.2) is 41.9 Å². The van der Waals surface area contributed by atoms with Crippen molar-refractivity contribution in [1.82, 2.24) is 10.2 Å². The number of likely N-dealkylation sites (tertiary alicyclic amines) is 1. The average Bonchev–Trinajstić information content (AvgIpc) is 2.53. The molecule has 140 valence electrons. The lowest BCUT2D eigenvalue weighted by atomic mass is 9.86. The quantitative estimate of drug-likeness (QED) is 0.856. The zero-order valence-electron chi connectivity index (χ0n) is 14.9. The number of carbonyl (C=O) groups excluding carboxylic acids is 2. The summed E-state index contributed by atoms with van der Waals surface area (Å²) in [7, 11) is 0. The van der Waals surface area contributed by atoms with Gasteiger partial charge in [0.1, 0.15) is 5.82 Å². The number of rotatable bonds is 3. The van der Waals surface area contributed by atoms with Crippen LogP contribution in [0.5, 0.6) is 0 Å². The van der Waals surface area contributed by atoms with Gasteiger partial charge in [-0.15, -0.1) is 12.4 Å². The van der Waals surface area contributed by atoms with Crippen molar-refractivity contribution in [2.45, 2.75) is 45.7 Å². The molecule has 0 unspecified atom stereocenters. The molecule has 0 aromatic heterocycles. The van der Waals surface area contributed by atoms with Crippen LogP contribution in [0.4, 0.5) is 4.39 Å². The molecule has 0 radical (unpaired) electrons. The highest BCUT2D eigenvalue weighted by Crippen LogP contribution is 2.19. The zero-order valence-corrected chi connectivity index (χ0v) is 15.7. The van der Waals surface area contributed by atoms with Crippen molar-refractivity contribution in [1.29, 1.82) is 0 Å². The molecular formula is C18H27ClFN3O2. The van der Waals surface area contributed by atoms with Crippen LogP contribution in [0.3, 0.4) is 0 Å². The molecule has 1 heterocycles. The summed E-state index contributed by atoms with van der Waals surface area (Å²) < 4.78 is 13.7. The first-order chi connectivity index (χ1) is 11.2. The van der Waals surface area contributed by atoms with E-state index in [4.69, 9.17) is 5.73 Å². The van der Waals surface area contributed by atoms with Crippen LogP contribution in [0.15, 0.2) is 24.3 Å². The fraction of sp³-hybridized carbons (Fsp3) is 0.556. The number of nitrogens with two attached hydrogens (primary N) is 1. The maximum absolute atomic E-state index is 13.7. The predicted octanol–water partition coefficient (Wildman–Crippen LogP) is 2.34. The minimum Gasteiger partial charge on any atom is -0.352 e. The average molecular weight is 372 g/mol. The van der Waals surface area contributed by atoms with Crippen molar-refractivity contribution in [2.24, 2.45) is 11.1 Å². The number of nitrogens with zero attached hydrogens (tertiary/aromatic N) is 1. The SMILES string of the molecule is CC(C)(C)[C@H](N)C(=O)NC1CCN(C(=O)c2ccccc2F)CC1.Cl. The van der Waals surface area contributed by atoms with Crippen LogP contribution < -0.4 is 11.1 Å². The number of halogens is 2. The van der Waals surface area contributed by atoms with Gasteiger partial charge in [0.05, 0.1) is 11.6 Å². The molecule has 0 aliphatic carbocycles. The van der Waals surface area contributed by atoms with E-state index in [1.807, 2.05) is 20.8 Å². The third-order valence-corrected chi connectivity index (χ3v) is 4.45. The number of amides is 2. The number of benzene rings is 1. The minimum absolute atomic E-state index is 0. The van der Waals surface area contributed by atoms with Crippen LogP contribution >= 0.6 is 12.4 Å². The third kappa shape index (κ3) is 5.41. The lowest BCUT2D eigenvalue weighted by Gasteiger charge is -2.34. The van der Waals surface area contributed by atoms with Gasteiger partial charge in [0.2, 0.25) is 5.91 Å². The number of piperidine rings is 1. The molecule has 7 heteroatoms. The highest BCUT2D eigenvalue weighted by Gasteiger charge is 2.31. The van der Waals surface area contributed by atoms with Crippen LogP contribution in [-0.2, 0) is 4.79 Å². The van der Waals surface area contributed by atoms with Gasteiger partial charge in [-0.25, -0.2) is 4.39 Å². The fourth-order valence-electron chi connectivity index (χ4n) is 2.72. The zero-order chi connectivity index (χ0) is 17.9. The van der Waals surface area contributed by atoms with Crippen molar-refractivity contribution in [3.05, 3.63) is 35.6 Å². The predicted molar refractivity (Wildman–Crippen MR) is 98.1 cm³/mol. The van der Waals surface area contributed by atoms with Gasteiger partial charge in [-0.1, -0.05) is 32.9 Å². The van der Waals surface area contributed by atoms with E-state index in [1.165, 1.54) is 12.1 Å². The Hall–Kier alpha value is -1.66. The molecule has 1 saturated heterocycles. The Labute approximate surface area is 154 Å². The third-order valence-electron chi connectivity index (χ3n) is 4.45. The molecule has 1 atom stereocenters. The number of nitrogens with one attached hydrogen (secondary N) is 1.